The van der Waals surface area contributed by atoms with Crippen molar-refractivity contribution in [1.82, 2.24) is 14.9 Å². The van der Waals surface area contributed by atoms with Gasteiger partial charge in [0.15, 0.2) is 0 Å². The van der Waals surface area contributed by atoms with Crippen LogP contribution in [-0.2, 0) is 19.3 Å². The Hall–Kier alpha value is -2.72. The Morgan fingerprint density at radius 1 is 1.19 bits per heavy atom. The molecule has 3 aliphatic rings. The lowest BCUT2D eigenvalue weighted by atomic mass is 9.76. The third kappa shape index (κ3) is 7.51. The van der Waals surface area contributed by atoms with E-state index in [1.165, 1.54) is 36.8 Å². The zero-order valence-electron chi connectivity index (χ0n) is 27.6. The van der Waals surface area contributed by atoms with E-state index in [2.05, 4.69) is 63.9 Å². The molecule has 5 rings (SSSR count). The smallest absolute Gasteiger partial charge is 0.133 e. The summed E-state index contributed by atoms with van der Waals surface area (Å²) in [6.07, 6.45) is 11.9. The summed E-state index contributed by atoms with van der Waals surface area (Å²) < 4.78 is 12.8. The highest BCUT2D eigenvalue weighted by atomic mass is 19.1. The molecule has 1 aliphatic carbocycles. The van der Waals surface area contributed by atoms with Gasteiger partial charge >= 0.3 is 0 Å². The molecule has 236 valence electrons. The monoisotopic (exact) mass is 590 g/mol. The van der Waals surface area contributed by atoms with Crippen LogP contribution in [0.3, 0.4) is 0 Å². The summed E-state index contributed by atoms with van der Waals surface area (Å²) in [6, 6.07) is 6.92. The molecule has 3 heterocycles. The second-order valence-corrected chi connectivity index (χ2v) is 13.4. The molecule has 6 nitrogen and oxygen atoms in total. The number of rotatable bonds is 10. The van der Waals surface area contributed by atoms with Gasteiger partial charge in [0.1, 0.15) is 23.9 Å². The lowest BCUT2D eigenvalue weighted by molar-refractivity contribution is 0.217. The molecule has 2 fully saturated rings. The van der Waals surface area contributed by atoms with Gasteiger partial charge in [-0.15, -0.1) is 0 Å². The van der Waals surface area contributed by atoms with Crippen LogP contribution in [-0.4, -0.2) is 45.7 Å². The molecule has 0 bridgehead atoms. The van der Waals surface area contributed by atoms with Crippen LogP contribution >= 0.6 is 0 Å². The van der Waals surface area contributed by atoms with Crippen LogP contribution in [0, 0.1) is 11.3 Å². The molecule has 2 aliphatic heterocycles. The van der Waals surface area contributed by atoms with Crippen LogP contribution in [0.25, 0.3) is 0 Å². The Bertz CT molecular complexity index is 1270. The number of aryl methyl sites for hydroxylation is 1. The van der Waals surface area contributed by atoms with Crippen LogP contribution in [0.5, 0.6) is 0 Å². The number of nitriles is 1. The van der Waals surface area contributed by atoms with E-state index >= 15 is 0 Å². The highest BCUT2D eigenvalue weighted by molar-refractivity contribution is 5.62. The van der Waals surface area contributed by atoms with Crippen molar-refractivity contribution in [2.75, 3.05) is 24.1 Å². The normalized spacial score (nSPS) is 23.7. The average molecular weight is 591 g/mol. The Balaban J connectivity index is 0.000000353. The summed E-state index contributed by atoms with van der Waals surface area (Å²) in [5, 5.41) is 13.8. The van der Waals surface area contributed by atoms with Crippen LogP contribution in [0.4, 0.5) is 15.9 Å². The number of hydrogen-bond donors (Lipinski definition) is 2. The molecule has 7 heteroatoms. The first-order valence-electron chi connectivity index (χ1n) is 17.0. The predicted octanol–water partition coefficient (Wildman–Crippen LogP) is 8.24. The number of nitrogens with two attached hydrogens (primary N) is 1. The standard InChI is InChI=1S/C28H41N5.C8H14FN/c1-6-10-20(11-7-2)31-28-22-13-12-19(16-25(22)32-26(9-4)33-28)27-21(18(5)8-3)14-15-24(30)23(27)17-29;1-8-3-2-4-10(8)6-7(9)5-8/h14-15,18-20H,6-13,16,30H2,1-5H3,(H,31,32,33);7H,2-6H2,1H3/t18-,19?;/m0./s1. The van der Waals surface area contributed by atoms with Crippen LogP contribution in [0.2, 0.25) is 0 Å². The summed E-state index contributed by atoms with van der Waals surface area (Å²) >= 11 is 0. The van der Waals surface area contributed by atoms with E-state index in [-0.39, 0.29) is 11.5 Å². The third-order valence-corrected chi connectivity index (χ3v) is 10.2. The van der Waals surface area contributed by atoms with Gasteiger partial charge < -0.3 is 11.1 Å². The van der Waals surface area contributed by atoms with Crippen LogP contribution in [0.15, 0.2) is 12.1 Å². The molecule has 4 atom stereocenters. The van der Waals surface area contributed by atoms with Gasteiger partial charge in [0.2, 0.25) is 0 Å². The molecule has 0 amide bonds. The molecule has 1 aromatic carbocycles. The number of halogens is 1. The maximum absolute atomic E-state index is 12.8. The van der Waals surface area contributed by atoms with E-state index in [4.69, 9.17) is 15.7 Å². The molecular weight excluding hydrogens is 535 g/mol. The topological polar surface area (TPSA) is 90.9 Å². The molecule has 1 aromatic heterocycles. The number of nitrogens with zero attached hydrogens (tertiary/aromatic N) is 4. The SMILES string of the molecule is CC12CCCN1CC(F)C2.CCCC(CCC)Nc1nc(CC)nc2c1CCC(c1c([C@@H](C)CC)ccc(N)c1C#N)C2. The lowest BCUT2D eigenvalue weighted by Gasteiger charge is -2.30. The first-order chi connectivity index (χ1) is 20.7. The Kier molecular flexibility index (Phi) is 11.5. The lowest BCUT2D eigenvalue weighted by Crippen LogP contribution is -2.34. The number of nitrogens with one attached hydrogen (secondary N) is 1. The van der Waals surface area contributed by atoms with E-state index in [1.54, 1.807) is 0 Å². The quantitative estimate of drug-likeness (QED) is 0.271. The van der Waals surface area contributed by atoms with Crippen molar-refractivity contribution in [1.29, 1.82) is 5.26 Å². The highest BCUT2D eigenvalue weighted by Crippen LogP contribution is 2.42. The van der Waals surface area contributed by atoms with Crippen molar-refractivity contribution >= 4 is 11.5 Å². The van der Waals surface area contributed by atoms with E-state index in [0.717, 1.165) is 80.8 Å². The number of benzene rings is 1. The minimum Gasteiger partial charge on any atom is -0.398 e. The summed E-state index contributed by atoms with van der Waals surface area (Å²) in [6.45, 7) is 15.1. The summed E-state index contributed by atoms with van der Waals surface area (Å²) in [5.74, 6) is 2.59. The number of anilines is 2. The predicted molar refractivity (Wildman–Crippen MR) is 176 cm³/mol. The summed E-state index contributed by atoms with van der Waals surface area (Å²) in [4.78, 5) is 12.2. The maximum Gasteiger partial charge on any atom is 0.133 e. The minimum absolute atomic E-state index is 0.236. The minimum atomic E-state index is -0.551. The van der Waals surface area contributed by atoms with Crippen molar-refractivity contribution in [3.63, 3.8) is 0 Å². The first kappa shape index (κ1) is 33.2. The molecule has 2 aromatic rings. The van der Waals surface area contributed by atoms with E-state index in [9.17, 15) is 9.65 Å². The highest BCUT2D eigenvalue weighted by Gasteiger charge is 2.44. The number of alkyl halides is 1. The molecule has 0 radical (unpaired) electrons. The molecule has 2 saturated heterocycles. The Morgan fingerprint density at radius 2 is 1.93 bits per heavy atom. The zero-order chi connectivity index (χ0) is 31.1. The van der Waals surface area contributed by atoms with Crippen LogP contribution in [0.1, 0.15) is 145 Å². The van der Waals surface area contributed by atoms with Gasteiger partial charge in [0.05, 0.1) is 11.3 Å². The first-order valence-corrected chi connectivity index (χ1v) is 17.0. The summed E-state index contributed by atoms with van der Waals surface area (Å²) in [5.41, 5.74) is 12.6. The van der Waals surface area contributed by atoms with Gasteiger partial charge in [0.25, 0.3) is 0 Å². The van der Waals surface area contributed by atoms with Crippen molar-refractivity contribution in [2.45, 2.75) is 148 Å². The fourth-order valence-corrected chi connectivity index (χ4v) is 7.64. The van der Waals surface area contributed by atoms with Gasteiger partial charge in [0, 0.05) is 35.8 Å². The largest absolute Gasteiger partial charge is 0.398 e. The fraction of sp³-hybridized carbons (Fsp3) is 0.694. The van der Waals surface area contributed by atoms with E-state index in [0.29, 0.717) is 29.8 Å². The molecule has 3 unspecified atom stereocenters. The molecule has 0 spiro atoms. The molecule has 0 saturated carbocycles. The van der Waals surface area contributed by atoms with Gasteiger partial charge in [-0.2, -0.15) is 5.26 Å². The number of nitrogen functional groups attached to an aromatic ring is 1. The second-order valence-electron chi connectivity index (χ2n) is 13.4. The molecule has 43 heavy (non-hydrogen) atoms. The van der Waals surface area contributed by atoms with Crippen molar-refractivity contribution in [2.24, 2.45) is 0 Å². The van der Waals surface area contributed by atoms with Gasteiger partial charge in [-0.1, -0.05) is 53.5 Å². The van der Waals surface area contributed by atoms with Gasteiger partial charge in [-0.05, 0) is 100 Å². The Morgan fingerprint density at radius 3 is 2.56 bits per heavy atom. The fourth-order valence-electron chi connectivity index (χ4n) is 7.64. The second kappa shape index (κ2) is 14.8. The number of hydrogen-bond acceptors (Lipinski definition) is 6. The average Bonchev–Trinajstić information content (AvgIpc) is 3.49. The van der Waals surface area contributed by atoms with E-state index in [1.807, 2.05) is 6.07 Å². The molecule has 3 N–H and O–H groups in total. The van der Waals surface area contributed by atoms with Gasteiger partial charge in [-0.25, -0.2) is 14.4 Å². The van der Waals surface area contributed by atoms with Crippen molar-refractivity contribution in [3.05, 3.63) is 45.9 Å². The Labute approximate surface area is 260 Å². The van der Waals surface area contributed by atoms with Crippen LogP contribution < -0.4 is 11.1 Å². The zero-order valence-corrected chi connectivity index (χ0v) is 27.6. The van der Waals surface area contributed by atoms with Crippen molar-refractivity contribution in [3.8, 4) is 6.07 Å². The van der Waals surface area contributed by atoms with E-state index < -0.39 is 6.17 Å². The number of aromatic nitrogens is 2. The van der Waals surface area contributed by atoms with Gasteiger partial charge in [-0.3, -0.25) is 4.90 Å². The van der Waals surface area contributed by atoms with Crippen molar-refractivity contribution < 1.29 is 4.39 Å². The summed E-state index contributed by atoms with van der Waals surface area (Å²) in [7, 11) is 0. The third-order valence-electron chi connectivity index (χ3n) is 10.2. The number of fused-ring (bicyclic) bond motifs is 2. The maximum atomic E-state index is 12.8. The molecular formula is C36H55FN6.